The second-order valence-corrected chi connectivity index (χ2v) is 4.88. The first-order valence-electron chi connectivity index (χ1n) is 6.47. The normalized spacial score (nSPS) is 28.5. The standard InChI is InChI=1S/C14H19NO2/c1-2-15-8-9-17-14-11(15)7-6-10-4-3-5-12(16)13(10)14/h3-5,11,14,16H,2,6-9H2,1H3/t11-,14?/m1/s1. The Morgan fingerprint density at radius 1 is 1.47 bits per heavy atom. The molecule has 0 amide bonds. The number of ether oxygens (including phenoxy) is 1. The lowest BCUT2D eigenvalue weighted by Crippen LogP contribution is -2.48. The average Bonchev–Trinajstić information content (AvgIpc) is 2.37. The first kappa shape index (κ1) is 11.1. The molecule has 1 aromatic rings. The van der Waals surface area contributed by atoms with Gasteiger partial charge < -0.3 is 9.84 Å². The molecule has 1 fully saturated rings. The van der Waals surface area contributed by atoms with Gasteiger partial charge in [0.2, 0.25) is 0 Å². The smallest absolute Gasteiger partial charge is 0.121 e. The monoisotopic (exact) mass is 233 g/mol. The molecule has 1 aromatic carbocycles. The highest BCUT2D eigenvalue weighted by Gasteiger charge is 2.37. The van der Waals surface area contributed by atoms with Crippen molar-refractivity contribution in [1.82, 2.24) is 4.90 Å². The molecule has 0 aromatic heterocycles. The van der Waals surface area contributed by atoms with Crippen molar-refractivity contribution in [2.24, 2.45) is 0 Å². The highest BCUT2D eigenvalue weighted by molar-refractivity contribution is 5.43. The zero-order valence-electron chi connectivity index (χ0n) is 10.2. The van der Waals surface area contributed by atoms with Crippen LogP contribution in [0.4, 0.5) is 0 Å². The van der Waals surface area contributed by atoms with Crippen LogP contribution in [0.3, 0.4) is 0 Å². The average molecular weight is 233 g/mol. The zero-order valence-corrected chi connectivity index (χ0v) is 10.2. The molecule has 92 valence electrons. The molecule has 1 heterocycles. The van der Waals surface area contributed by atoms with E-state index in [0.717, 1.165) is 38.1 Å². The van der Waals surface area contributed by atoms with Gasteiger partial charge in [-0.1, -0.05) is 19.1 Å². The number of nitrogens with zero attached hydrogens (tertiary/aromatic N) is 1. The largest absolute Gasteiger partial charge is 0.508 e. The van der Waals surface area contributed by atoms with Crippen molar-refractivity contribution in [2.75, 3.05) is 19.7 Å². The third-order valence-corrected chi connectivity index (χ3v) is 4.07. The second-order valence-electron chi connectivity index (χ2n) is 4.88. The van der Waals surface area contributed by atoms with Crippen molar-refractivity contribution in [1.29, 1.82) is 0 Å². The predicted octanol–water partition coefficient (Wildman–Crippen LogP) is 2.10. The summed E-state index contributed by atoms with van der Waals surface area (Å²) in [5, 5.41) is 10.1. The van der Waals surface area contributed by atoms with Crippen molar-refractivity contribution in [2.45, 2.75) is 31.9 Å². The van der Waals surface area contributed by atoms with Crippen LogP contribution in [-0.2, 0) is 11.2 Å². The SMILES string of the molecule is CCN1CCOC2c3c(O)cccc3CC[C@H]21. The van der Waals surface area contributed by atoms with E-state index in [2.05, 4.69) is 17.9 Å². The van der Waals surface area contributed by atoms with Crippen LogP contribution in [0.5, 0.6) is 5.75 Å². The van der Waals surface area contributed by atoms with Crippen molar-refractivity contribution < 1.29 is 9.84 Å². The number of phenolic OH excluding ortho intramolecular Hbond substituents is 1. The fourth-order valence-electron chi connectivity index (χ4n) is 3.22. The highest BCUT2D eigenvalue weighted by Crippen LogP contribution is 2.41. The van der Waals surface area contributed by atoms with Crippen molar-refractivity contribution >= 4 is 0 Å². The van der Waals surface area contributed by atoms with Gasteiger partial charge in [-0.05, 0) is 31.0 Å². The Balaban J connectivity index is 2.00. The number of rotatable bonds is 1. The molecule has 0 saturated carbocycles. The van der Waals surface area contributed by atoms with E-state index >= 15 is 0 Å². The summed E-state index contributed by atoms with van der Waals surface area (Å²) >= 11 is 0. The lowest BCUT2D eigenvalue weighted by molar-refractivity contribution is -0.0792. The van der Waals surface area contributed by atoms with Crippen LogP contribution >= 0.6 is 0 Å². The van der Waals surface area contributed by atoms with Gasteiger partial charge in [-0.2, -0.15) is 0 Å². The van der Waals surface area contributed by atoms with Crippen LogP contribution in [0.25, 0.3) is 0 Å². The maximum absolute atomic E-state index is 10.1. The quantitative estimate of drug-likeness (QED) is 0.806. The van der Waals surface area contributed by atoms with Gasteiger partial charge in [0, 0.05) is 18.2 Å². The molecule has 2 atom stereocenters. The molecule has 1 saturated heterocycles. The lowest BCUT2D eigenvalue weighted by Gasteiger charge is -2.44. The van der Waals surface area contributed by atoms with Crippen LogP contribution in [0.2, 0.25) is 0 Å². The van der Waals surface area contributed by atoms with Crippen LogP contribution in [0, 0.1) is 0 Å². The number of aryl methyl sites for hydroxylation is 1. The van der Waals surface area contributed by atoms with E-state index in [-0.39, 0.29) is 6.10 Å². The molecule has 0 bridgehead atoms. The molecule has 3 nitrogen and oxygen atoms in total. The minimum Gasteiger partial charge on any atom is -0.508 e. The van der Waals surface area contributed by atoms with E-state index in [1.807, 2.05) is 6.07 Å². The number of hydrogen-bond acceptors (Lipinski definition) is 3. The maximum Gasteiger partial charge on any atom is 0.121 e. The Bertz CT molecular complexity index is 419. The molecule has 3 heteroatoms. The summed E-state index contributed by atoms with van der Waals surface area (Å²) < 4.78 is 5.92. The van der Waals surface area contributed by atoms with Crippen LogP contribution < -0.4 is 0 Å². The molecule has 1 aliphatic carbocycles. The first-order valence-corrected chi connectivity index (χ1v) is 6.47. The minimum atomic E-state index is 0.0636. The van der Waals surface area contributed by atoms with Gasteiger partial charge >= 0.3 is 0 Å². The number of aromatic hydroxyl groups is 1. The van der Waals surface area contributed by atoms with Crippen molar-refractivity contribution in [3.05, 3.63) is 29.3 Å². The summed E-state index contributed by atoms with van der Waals surface area (Å²) in [6, 6.07) is 6.25. The van der Waals surface area contributed by atoms with Gasteiger partial charge in [0.05, 0.1) is 6.61 Å². The number of fused-ring (bicyclic) bond motifs is 3. The molecule has 0 radical (unpaired) electrons. The molecule has 1 N–H and O–H groups in total. The molecule has 17 heavy (non-hydrogen) atoms. The van der Waals surface area contributed by atoms with Gasteiger partial charge in [0.1, 0.15) is 11.9 Å². The first-order chi connectivity index (χ1) is 8.31. The summed E-state index contributed by atoms with van der Waals surface area (Å²) in [6.07, 6.45) is 2.24. The van der Waals surface area contributed by atoms with E-state index < -0.39 is 0 Å². The Morgan fingerprint density at radius 3 is 3.18 bits per heavy atom. The number of hydrogen-bond donors (Lipinski definition) is 1. The third kappa shape index (κ3) is 1.74. The molecular formula is C14H19NO2. The van der Waals surface area contributed by atoms with Crippen LogP contribution in [-0.4, -0.2) is 35.7 Å². The number of likely N-dealkylation sites (N-methyl/N-ethyl adjacent to an activating group) is 1. The Labute approximate surface area is 102 Å². The number of morpholine rings is 1. The molecule has 1 unspecified atom stereocenters. The maximum atomic E-state index is 10.1. The Kier molecular flexibility index (Phi) is 2.81. The third-order valence-electron chi connectivity index (χ3n) is 4.07. The molecule has 1 aliphatic heterocycles. The lowest BCUT2D eigenvalue weighted by atomic mass is 9.83. The zero-order chi connectivity index (χ0) is 11.8. The van der Waals surface area contributed by atoms with Gasteiger partial charge in [0.15, 0.2) is 0 Å². The Hall–Kier alpha value is -1.06. The predicted molar refractivity (Wildman–Crippen MR) is 66.2 cm³/mol. The van der Waals surface area contributed by atoms with E-state index in [0.29, 0.717) is 11.8 Å². The van der Waals surface area contributed by atoms with Crippen molar-refractivity contribution in [3.63, 3.8) is 0 Å². The Morgan fingerprint density at radius 2 is 2.35 bits per heavy atom. The summed E-state index contributed by atoms with van der Waals surface area (Å²) in [6.45, 7) is 5.04. The summed E-state index contributed by atoms with van der Waals surface area (Å²) in [5.74, 6) is 0.398. The molecule has 3 rings (SSSR count). The van der Waals surface area contributed by atoms with Gasteiger partial charge in [-0.3, -0.25) is 4.90 Å². The van der Waals surface area contributed by atoms with Gasteiger partial charge in [-0.15, -0.1) is 0 Å². The van der Waals surface area contributed by atoms with E-state index in [1.165, 1.54) is 5.56 Å². The summed E-state index contributed by atoms with van der Waals surface area (Å²) in [7, 11) is 0. The fraction of sp³-hybridized carbons (Fsp3) is 0.571. The second kappa shape index (κ2) is 4.31. The topological polar surface area (TPSA) is 32.7 Å². The van der Waals surface area contributed by atoms with Crippen LogP contribution in [0.15, 0.2) is 18.2 Å². The van der Waals surface area contributed by atoms with E-state index in [9.17, 15) is 5.11 Å². The fourth-order valence-corrected chi connectivity index (χ4v) is 3.22. The van der Waals surface area contributed by atoms with E-state index in [4.69, 9.17) is 4.74 Å². The van der Waals surface area contributed by atoms with E-state index in [1.54, 1.807) is 6.07 Å². The van der Waals surface area contributed by atoms with Gasteiger partial charge in [0.25, 0.3) is 0 Å². The number of phenols is 1. The van der Waals surface area contributed by atoms with Crippen LogP contribution in [0.1, 0.15) is 30.6 Å². The molecular weight excluding hydrogens is 214 g/mol. The summed E-state index contributed by atoms with van der Waals surface area (Å²) in [5.41, 5.74) is 2.28. The minimum absolute atomic E-state index is 0.0636. The highest BCUT2D eigenvalue weighted by atomic mass is 16.5. The number of benzene rings is 1. The summed E-state index contributed by atoms with van der Waals surface area (Å²) in [4.78, 5) is 2.48. The molecule has 0 spiro atoms. The van der Waals surface area contributed by atoms with Gasteiger partial charge in [-0.25, -0.2) is 0 Å². The molecule has 2 aliphatic rings. The van der Waals surface area contributed by atoms with Crippen molar-refractivity contribution in [3.8, 4) is 5.75 Å².